The van der Waals surface area contributed by atoms with Gasteiger partial charge >= 0.3 is 0 Å². The largest absolute Gasteiger partial charge is 0.474 e. The molecule has 1 amide bonds. The van der Waals surface area contributed by atoms with Crippen LogP contribution < -0.4 is 10.1 Å². The van der Waals surface area contributed by atoms with E-state index in [4.69, 9.17) is 13.9 Å². The average Bonchev–Trinajstić information content (AvgIpc) is 3.17. The molecule has 0 aliphatic rings. The molecule has 0 atom stereocenters. The smallest absolute Gasteiger partial charge is 0.237 e. The zero-order valence-corrected chi connectivity index (χ0v) is 15.5. The fourth-order valence-electron chi connectivity index (χ4n) is 2.59. The van der Waals surface area contributed by atoms with Gasteiger partial charge in [-0.05, 0) is 36.4 Å². The van der Waals surface area contributed by atoms with E-state index < -0.39 is 0 Å². The van der Waals surface area contributed by atoms with Gasteiger partial charge in [-0.25, -0.2) is 9.37 Å². The molecule has 1 aromatic carbocycles. The van der Waals surface area contributed by atoms with E-state index in [2.05, 4.69) is 10.3 Å². The number of nitrogens with zero attached hydrogens (tertiary/aromatic N) is 1. The van der Waals surface area contributed by atoms with Gasteiger partial charge in [0.25, 0.3) is 0 Å². The molecule has 3 rings (SSSR count). The van der Waals surface area contributed by atoms with Crippen molar-refractivity contribution >= 4 is 11.6 Å². The molecule has 2 aromatic heterocycles. The first-order chi connectivity index (χ1) is 13.7. The Balaban J connectivity index is 1.56. The Morgan fingerprint density at radius 1 is 1.14 bits per heavy atom. The molecule has 0 spiro atoms. The van der Waals surface area contributed by atoms with Gasteiger partial charge in [0.15, 0.2) is 0 Å². The third kappa shape index (κ3) is 5.17. The lowest BCUT2D eigenvalue weighted by atomic mass is 10.1. The number of furan rings is 1. The molecule has 0 saturated carbocycles. The van der Waals surface area contributed by atoms with Gasteiger partial charge in [0.1, 0.15) is 29.6 Å². The van der Waals surface area contributed by atoms with Gasteiger partial charge in [-0.2, -0.15) is 0 Å². The van der Waals surface area contributed by atoms with E-state index in [-0.39, 0.29) is 18.1 Å². The van der Waals surface area contributed by atoms with Gasteiger partial charge in [-0.3, -0.25) is 4.79 Å². The van der Waals surface area contributed by atoms with Crippen molar-refractivity contribution in [1.82, 2.24) is 4.98 Å². The number of aromatic nitrogens is 1. The van der Waals surface area contributed by atoms with Crippen LogP contribution in [0.4, 0.5) is 10.1 Å². The topological polar surface area (TPSA) is 73.6 Å². The minimum absolute atomic E-state index is 0.201. The van der Waals surface area contributed by atoms with E-state index in [1.807, 2.05) is 0 Å². The first kappa shape index (κ1) is 19.6. The summed E-state index contributed by atoms with van der Waals surface area (Å²) in [7, 11) is 1.58. The maximum atomic E-state index is 13.8. The molecule has 0 aliphatic carbocycles. The number of anilines is 1. The summed E-state index contributed by atoms with van der Waals surface area (Å²) in [4.78, 5) is 16.4. The molecular formula is C21H21FN2O4. The summed E-state index contributed by atoms with van der Waals surface area (Å²) in [5.41, 5.74) is 0.890. The Morgan fingerprint density at radius 2 is 2.00 bits per heavy atom. The Kier molecular flexibility index (Phi) is 6.75. The highest BCUT2D eigenvalue weighted by Gasteiger charge is 2.12. The van der Waals surface area contributed by atoms with E-state index in [0.29, 0.717) is 48.3 Å². The number of methoxy groups -OCH3 is 1. The Bertz CT molecular complexity index is 926. The quantitative estimate of drug-likeness (QED) is 0.563. The summed E-state index contributed by atoms with van der Waals surface area (Å²) in [5.74, 6) is 0.839. The van der Waals surface area contributed by atoms with Crippen molar-refractivity contribution in [3.63, 3.8) is 0 Å². The van der Waals surface area contributed by atoms with Crippen molar-refractivity contribution in [2.24, 2.45) is 0 Å². The number of nitrogens with one attached hydrogen (secondary N) is 1. The van der Waals surface area contributed by atoms with E-state index in [1.165, 1.54) is 6.07 Å². The molecule has 28 heavy (non-hydrogen) atoms. The van der Waals surface area contributed by atoms with Crippen molar-refractivity contribution in [3.05, 3.63) is 66.3 Å². The first-order valence-electron chi connectivity index (χ1n) is 8.87. The highest BCUT2D eigenvalue weighted by molar-refractivity contribution is 5.91. The Hall–Kier alpha value is -3.19. The number of benzene rings is 1. The number of carbonyl (C=O) groups excluding carboxylic acids is 1. The van der Waals surface area contributed by atoms with Crippen LogP contribution in [0.25, 0.3) is 11.3 Å². The molecule has 0 unspecified atom stereocenters. The van der Waals surface area contributed by atoms with Gasteiger partial charge in [0.2, 0.25) is 11.8 Å². The predicted molar refractivity (Wildman–Crippen MR) is 103 cm³/mol. The summed E-state index contributed by atoms with van der Waals surface area (Å²) in [6.07, 6.45) is 2.18. The number of amides is 1. The van der Waals surface area contributed by atoms with E-state index >= 15 is 0 Å². The SMILES string of the molecule is COCCOc1ncccc1NC(=O)CCc1ccc(-c2ccccc2F)o1. The normalized spacial score (nSPS) is 10.6. The highest BCUT2D eigenvalue weighted by atomic mass is 19.1. The lowest BCUT2D eigenvalue weighted by molar-refractivity contribution is -0.116. The maximum Gasteiger partial charge on any atom is 0.237 e. The summed E-state index contributed by atoms with van der Waals surface area (Å²) >= 11 is 0. The maximum absolute atomic E-state index is 13.8. The summed E-state index contributed by atoms with van der Waals surface area (Å²) < 4.78 is 29.9. The van der Waals surface area contributed by atoms with Gasteiger partial charge in [0, 0.05) is 26.1 Å². The number of pyridine rings is 1. The number of rotatable bonds is 9. The number of ether oxygens (including phenoxy) is 2. The molecule has 1 N–H and O–H groups in total. The third-order valence-electron chi connectivity index (χ3n) is 3.97. The van der Waals surface area contributed by atoms with Crippen molar-refractivity contribution in [3.8, 4) is 17.2 Å². The van der Waals surface area contributed by atoms with Gasteiger partial charge in [-0.15, -0.1) is 0 Å². The van der Waals surface area contributed by atoms with Crippen molar-refractivity contribution in [1.29, 1.82) is 0 Å². The second kappa shape index (κ2) is 9.66. The van der Waals surface area contributed by atoms with Crippen LogP contribution >= 0.6 is 0 Å². The summed E-state index contributed by atoms with van der Waals surface area (Å²) in [6.45, 7) is 0.758. The Morgan fingerprint density at radius 3 is 2.82 bits per heavy atom. The van der Waals surface area contributed by atoms with E-state index in [9.17, 15) is 9.18 Å². The molecule has 2 heterocycles. The predicted octanol–water partition coefficient (Wildman–Crippen LogP) is 4.08. The van der Waals surface area contributed by atoms with Crippen LogP contribution in [0.5, 0.6) is 5.88 Å². The van der Waals surface area contributed by atoms with Crippen LogP contribution in [-0.2, 0) is 16.0 Å². The van der Waals surface area contributed by atoms with Crippen LogP contribution in [-0.4, -0.2) is 31.2 Å². The van der Waals surface area contributed by atoms with Crippen LogP contribution in [0.2, 0.25) is 0 Å². The van der Waals surface area contributed by atoms with Crippen LogP contribution in [0, 0.1) is 5.82 Å². The molecular weight excluding hydrogens is 363 g/mol. The molecule has 146 valence electrons. The molecule has 7 heteroatoms. The minimum Gasteiger partial charge on any atom is -0.474 e. The van der Waals surface area contributed by atoms with E-state index in [1.54, 1.807) is 55.8 Å². The number of hydrogen-bond acceptors (Lipinski definition) is 5. The molecule has 6 nitrogen and oxygen atoms in total. The van der Waals surface area contributed by atoms with Crippen LogP contribution in [0.3, 0.4) is 0 Å². The van der Waals surface area contributed by atoms with Gasteiger partial charge in [0.05, 0.1) is 12.2 Å². The minimum atomic E-state index is -0.348. The van der Waals surface area contributed by atoms with E-state index in [0.717, 1.165) is 0 Å². The molecule has 0 fully saturated rings. The monoisotopic (exact) mass is 384 g/mol. The number of aryl methyl sites for hydroxylation is 1. The fourth-order valence-corrected chi connectivity index (χ4v) is 2.59. The second-order valence-electron chi connectivity index (χ2n) is 5.99. The van der Waals surface area contributed by atoms with Crippen molar-refractivity contribution < 1.29 is 23.1 Å². The van der Waals surface area contributed by atoms with Crippen molar-refractivity contribution in [2.75, 3.05) is 25.6 Å². The summed E-state index contributed by atoms with van der Waals surface area (Å²) in [6, 6.07) is 13.3. The molecule has 0 aliphatic heterocycles. The zero-order chi connectivity index (χ0) is 19.8. The van der Waals surface area contributed by atoms with Gasteiger partial charge in [-0.1, -0.05) is 12.1 Å². The fraction of sp³-hybridized carbons (Fsp3) is 0.238. The average molecular weight is 384 g/mol. The molecule has 0 radical (unpaired) electrons. The van der Waals surface area contributed by atoms with Crippen molar-refractivity contribution in [2.45, 2.75) is 12.8 Å². The molecule has 0 saturated heterocycles. The van der Waals surface area contributed by atoms with Crippen LogP contribution in [0.15, 0.2) is 59.1 Å². The second-order valence-corrected chi connectivity index (χ2v) is 5.99. The molecule has 0 bridgehead atoms. The molecule has 3 aromatic rings. The standard InChI is InChI=1S/C21H21FN2O4/c1-26-13-14-27-21-18(7-4-12-23-21)24-20(25)11-9-15-8-10-19(28-15)16-5-2-3-6-17(16)22/h2-8,10,12H,9,11,13-14H2,1H3,(H,24,25). The number of halogens is 1. The Labute approximate surface area is 162 Å². The number of hydrogen-bond donors (Lipinski definition) is 1. The third-order valence-corrected chi connectivity index (χ3v) is 3.97. The lowest BCUT2D eigenvalue weighted by Gasteiger charge is -2.10. The first-order valence-corrected chi connectivity index (χ1v) is 8.87. The zero-order valence-electron chi connectivity index (χ0n) is 15.5. The number of carbonyl (C=O) groups is 1. The van der Waals surface area contributed by atoms with Crippen LogP contribution in [0.1, 0.15) is 12.2 Å². The lowest BCUT2D eigenvalue weighted by Crippen LogP contribution is -2.14. The highest BCUT2D eigenvalue weighted by Crippen LogP contribution is 2.25. The van der Waals surface area contributed by atoms with Gasteiger partial charge < -0.3 is 19.2 Å². The summed E-state index contributed by atoms with van der Waals surface area (Å²) in [5, 5.41) is 2.79.